The van der Waals surface area contributed by atoms with Crippen molar-refractivity contribution in [1.82, 2.24) is 10.2 Å². The van der Waals surface area contributed by atoms with E-state index in [9.17, 15) is 9.59 Å². The first-order valence-corrected chi connectivity index (χ1v) is 7.29. The summed E-state index contributed by atoms with van der Waals surface area (Å²) >= 11 is 0. The Morgan fingerprint density at radius 1 is 1.37 bits per heavy atom. The number of amides is 2. The largest absolute Gasteiger partial charge is 0.481 e. The molecule has 5 nitrogen and oxygen atoms in total. The first-order valence-electron chi connectivity index (χ1n) is 7.29. The Morgan fingerprint density at radius 2 is 2.05 bits per heavy atom. The molecule has 1 saturated heterocycles. The monoisotopic (exact) mass is 268 g/mol. The summed E-state index contributed by atoms with van der Waals surface area (Å²) in [5.74, 6) is -0.400. The fourth-order valence-electron chi connectivity index (χ4n) is 2.80. The van der Waals surface area contributed by atoms with Gasteiger partial charge < -0.3 is 15.3 Å². The zero-order chi connectivity index (χ0) is 14.0. The van der Waals surface area contributed by atoms with E-state index in [-0.39, 0.29) is 18.0 Å². The van der Waals surface area contributed by atoms with Crippen LogP contribution in [0.4, 0.5) is 4.79 Å². The molecule has 0 aromatic rings. The molecule has 1 heterocycles. The van der Waals surface area contributed by atoms with E-state index in [1.807, 2.05) is 6.92 Å². The second-order valence-electron chi connectivity index (χ2n) is 6.06. The third-order valence-corrected chi connectivity index (χ3v) is 4.35. The van der Waals surface area contributed by atoms with E-state index in [1.54, 1.807) is 4.90 Å². The van der Waals surface area contributed by atoms with Crippen LogP contribution in [0.3, 0.4) is 0 Å². The Hall–Kier alpha value is -1.26. The number of likely N-dealkylation sites (tertiary alicyclic amines) is 1. The second kappa shape index (κ2) is 5.80. The SMILES string of the molecule is CCC(CC1CC1)NC(=O)N1CC(C)C(C(=O)O)C1. The number of aliphatic carboxylic acids is 1. The molecule has 19 heavy (non-hydrogen) atoms. The van der Waals surface area contributed by atoms with Gasteiger partial charge in [0.2, 0.25) is 0 Å². The van der Waals surface area contributed by atoms with Crippen molar-refractivity contribution in [3.8, 4) is 0 Å². The lowest BCUT2D eigenvalue weighted by Crippen LogP contribution is -2.44. The molecule has 2 fully saturated rings. The molecule has 0 aromatic carbocycles. The number of nitrogens with one attached hydrogen (secondary N) is 1. The molecular weight excluding hydrogens is 244 g/mol. The molecule has 2 amide bonds. The molecule has 5 heteroatoms. The van der Waals surface area contributed by atoms with Crippen LogP contribution in [-0.2, 0) is 4.79 Å². The molecule has 0 bridgehead atoms. The quantitative estimate of drug-likeness (QED) is 0.800. The summed E-state index contributed by atoms with van der Waals surface area (Å²) in [6, 6.07) is 0.141. The third-order valence-electron chi connectivity index (χ3n) is 4.35. The highest BCUT2D eigenvalue weighted by atomic mass is 16.4. The van der Waals surface area contributed by atoms with Crippen molar-refractivity contribution in [2.24, 2.45) is 17.8 Å². The van der Waals surface area contributed by atoms with Crippen LogP contribution in [0.5, 0.6) is 0 Å². The number of carboxylic acids is 1. The van der Waals surface area contributed by atoms with Crippen LogP contribution in [-0.4, -0.2) is 41.1 Å². The molecule has 2 N–H and O–H groups in total. The van der Waals surface area contributed by atoms with Crippen LogP contribution in [0, 0.1) is 17.8 Å². The number of carbonyl (C=O) groups excluding carboxylic acids is 1. The summed E-state index contributed by atoms with van der Waals surface area (Å²) in [5, 5.41) is 12.1. The summed E-state index contributed by atoms with van der Waals surface area (Å²) in [4.78, 5) is 24.9. The van der Waals surface area contributed by atoms with Crippen molar-refractivity contribution in [2.45, 2.75) is 45.6 Å². The van der Waals surface area contributed by atoms with Crippen LogP contribution < -0.4 is 5.32 Å². The van der Waals surface area contributed by atoms with E-state index in [0.29, 0.717) is 13.1 Å². The van der Waals surface area contributed by atoms with E-state index in [1.165, 1.54) is 12.8 Å². The minimum Gasteiger partial charge on any atom is -0.481 e. The van der Waals surface area contributed by atoms with Crippen molar-refractivity contribution in [3.05, 3.63) is 0 Å². The molecule has 2 aliphatic rings. The minimum atomic E-state index is -0.798. The molecule has 2 rings (SSSR count). The minimum absolute atomic E-state index is 0.0340. The predicted molar refractivity (Wildman–Crippen MR) is 71.8 cm³/mol. The van der Waals surface area contributed by atoms with Crippen molar-refractivity contribution < 1.29 is 14.7 Å². The standard InChI is InChI=1S/C14H24N2O3/c1-3-11(6-10-4-5-10)15-14(19)16-7-9(2)12(8-16)13(17)18/h9-12H,3-8H2,1-2H3,(H,15,19)(H,17,18). The van der Waals surface area contributed by atoms with Crippen LogP contribution >= 0.6 is 0 Å². The van der Waals surface area contributed by atoms with Crippen LogP contribution in [0.2, 0.25) is 0 Å². The van der Waals surface area contributed by atoms with Crippen LogP contribution in [0.15, 0.2) is 0 Å². The van der Waals surface area contributed by atoms with Crippen molar-refractivity contribution in [1.29, 1.82) is 0 Å². The van der Waals surface area contributed by atoms with Gasteiger partial charge in [0.1, 0.15) is 0 Å². The van der Waals surface area contributed by atoms with Crippen molar-refractivity contribution in [2.75, 3.05) is 13.1 Å². The van der Waals surface area contributed by atoms with E-state index < -0.39 is 11.9 Å². The zero-order valence-corrected chi connectivity index (χ0v) is 11.8. The van der Waals surface area contributed by atoms with Gasteiger partial charge in [0.15, 0.2) is 0 Å². The van der Waals surface area contributed by atoms with E-state index in [2.05, 4.69) is 12.2 Å². The Morgan fingerprint density at radius 3 is 2.53 bits per heavy atom. The first-order chi connectivity index (χ1) is 9.01. The van der Waals surface area contributed by atoms with Crippen molar-refractivity contribution >= 4 is 12.0 Å². The first kappa shape index (κ1) is 14.2. The molecular formula is C14H24N2O3. The topological polar surface area (TPSA) is 69.6 Å². The van der Waals surface area contributed by atoms with Crippen molar-refractivity contribution in [3.63, 3.8) is 0 Å². The van der Waals surface area contributed by atoms with Gasteiger partial charge in [0.05, 0.1) is 5.92 Å². The maximum Gasteiger partial charge on any atom is 0.317 e. The molecule has 1 aliphatic heterocycles. The summed E-state index contributed by atoms with van der Waals surface area (Å²) < 4.78 is 0. The number of rotatable bonds is 5. The highest BCUT2D eigenvalue weighted by molar-refractivity contribution is 5.77. The van der Waals surface area contributed by atoms with Gasteiger partial charge in [-0.25, -0.2) is 4.79 Å². The van der Waals surface area contributed by atoms with Gasteiger partial charge in [-0.2, -0.15) is 0 Å². The van der Waals surface area contributed by atoms with Gasteiger partial charge in [-0.15, -0.1) is 0 Å². The maximum atomic E-state index is 12.2. The Kier molecular flexibility index (Phi) is 4.32. The Labute approximate surface area is 114 Å². The third kappa shape index (κ3) is 3.61. The van der Waals surface area contributed by atoms with Crippen LogP contribution in [0.25, 0.3) is 0 Å². The van der Waals surface area contributed by atoms with Gasteiger partial charge in [0.25, 0.3) is 0 Å². The summed E-state index contributed by atoms with van der Waals surface area (Å²) in [5.41, 5.74) is 0. The van der Waals surface area contributed by atoms with Gasteiger partial charge in [-0.3, -0.25) is 4.79 Å². The summed E-state index contributed by atoms with van der Waals surface area (Å²) in [6.45, 7) is 4.86. The van der Waals surface area contributed by atoms with Gasteiger partial charge in [-0.1, -0.05) is 26.7 Å². The molecule has 1 saturated carbocycles. The maximum absolute atomic E-state index is 12.2. The number of nitrogens with zero attached hydrogens (tertiary/aromatic N) is 1. The van der Waals surface area contributed by atoms with Gasteiger partial charge >= 0.3 is 12.0 Å². The summed E-state index contributed by atoms with van der Waals surface area (Å²) in [6.07, 6.45) is 4.57. The molecule has 1 aliphatic carbocycles. The number of hydrogen-bond donors (Lipinski definition) is 2. The second-order valence-corrected chi connectivity index (χ2v) is 6.06. The molecule has 0 spiro atoms. The smallest absolute Gasteiger partial charge is 0.317 e. The van der Waals surface area contributed by atoms with Crippen LogP contribution in [0.1, 0.15) is 39.5 Å². The molecule has 108 valence electrons. The summed E-state index contributed by atoms with van der Waals surface area (Å²) in [7, 11) is 0. The number of carboxylic acid groups (broad SMARTS) is 1. The van der Waals surface area contributed by atoms with E-state index in [4.69, 9.17) is 5.11 Å². The number of carbonyl (C=O) groups is 2. The van der Waals surface area contributed by atoms with Gasteiger partial charge in [0, 0.05) is 19.1 Å². The number of hydrogen-bond acceptors (Lipinski definition) is 2. The van der Waals surface area contributed by atoms with E-state index >= 15 is 0 Å². The molecule has 0 aromatic heterocycles. The molecule has 3 atom stereocenters. The molecule has 3 unspecified atom stereocenters. The Bertz CT molecular complexity index is 355. The Balaban J connectivity index is 1.84. The lowest BCUT2D eigenvalue weighted by molar-refractivity contribution is -0.142. The average molecular weight is 268 g/mol. The highest BCUT2D eigenvalue weighted by Gasteiger charge is 2.37. The molecule has 0 radical (unpaired) electrons. The predicted octanol–water partition coefficient (Wildman–Crippen LogP) is 1.93. The normalized spacial score (nSPS) is 28.2. The highest BCUT2D eigenvalue weighted by Crippen LogP contribution is 2.34. The fraction of sp³-hybridized carbons (Fsp3) is 0.857. The fourth-order valence-corrected chi connectivity index (χ4v) is 2.80. The lowest BCUT2D eigenvalue weighted by atomic mass is 9.99. The zero-order valence-electron chi connectivity index (χ0n) is 11.8. The average Bonchev–Trinajstić information content (AvgIpc) is 3.08. The van der Waals surface area contributed by atoms with E-state index in [0.717, 1.165) is 18.8 Å². The number of urea groups is 1. The lowest BCUT2D eigenvalue weighted by Gasteiger charge is -2.22. The van der Waals surface area contributed by atoms with Gasteiger partial charge in [-0.05, 0) is 24.7 Å².